The van der Waals surface area contributed by atoms with E-state index >= 15 is 0 Å². The van der Waals surface area contributed by atoms with Crippen LogP contribution in [0.4, 0.5) is 0 Å². The van der Waals surface area contributed by atoms with E-state index in [2.05, 4.69) is 12.2 Å². The van der Waals surface area contributed by atoms with Crippen LogP contribution < -0.4 is 5.32 Å². The van der Waals surface area contributed by atoms with Crippen molar-refractivity contribution in [2.24, 2.45) is 5.92 Å². The lowest BCUT2D eigenvalue weighted by molar-refractivity contribution is 0.175. The summed E-state index contributed by atoms with van der Waals surface area (Å²) in [6, 6.07) is 1.42. The van der Waals surface area contributed by atoms with Crippen LogP contribution in [0.15, 0.2) is 0 Å². The molecule has 2 heteroatoms. The first-order chi connectivity index (χ1) is 7.86. The fraction of sp³-hybridized carbons (Fsp3) is 1.00. The second kappa shape index (κ2) is 6.61. The molecule has 2 atom stereocenters. The molecule has 2 nitrogen and oxygen atoms in total. The molecule has 2 fully saturated rings. The first-order valence-electron chi connectivity index (χ1n) is 7.20. The monoisotopic (exact) mass is 225 g/mol. The van der Waals surface area contributed by atoms with E-state index in [4.69, 9.17) is 4.74 Å². The molecule has 1 saturated heterocycles. The van der Waals surface area contributed by atoms with Crippen molar-refractivity contribution in [3.63, 3.8) is 0 Å². The lowest BCUT2D eigenvalue weighted by atomic mass is 9.94. The Morgan fingerprint density at radius 1 is 1.00 bits per heavy atom. The minimum Gasteiger partial charge on any atom is -0.381 e. The zero-order valence-electron chi connectivity index (χ0n) is 10.7. The van der Waals surface area contributed by atoms with Gasteiger partial charge in [0.2, 0.25) is 0 Å². The highest BCUT2D eigenvalue weighted by molar-refractivity contribution is 4.80. The molecule has 1 heterocycles. The highest BCUT2D eigenvalue weighted by Gasteiger charge is 2.24. The molecule has 1 aliphatic heterocycles. The lowest BCUT2D eigenvalue weighted by Gasteiger charge is -2.27. The molecular formula is C14H27NO. The smallest absolute Gasteiger partial charge is 0.0509 e. The first-order valence-corrected chi connectivity index (χ1v) is 7.20. The predicted molar refractivity (Wildman–Crippen MR) is 67.6 cm³/mol. The Bertz CT molecular complexity index is 181. The van der Waals surface area contributed by atoms with Crippen LogP contribution in [0.2, 0.25) is 0 Å². The van der Waals surface area contributed by atoms with Crippen LogP contribution in [0, 0.1) is 5.92 Å². The van der Waals surface area contributed by atoms with E-state index in [-0.39, 0.29) is 0 Å². The highest BCUT2D eigenvalue weighted by atomic mass is 16.5. The van der Waals surface area contributed by atoms with Crippen LogP contribution in [-0.4, -0.2) is 25.3 Å². The third-order valence-electron chi connectivity index (χ3n) is 4.28. The van der Waals surface area contributed by atoms with Gasteiger partial charge in [0, 0.05) is 18.7 Å². The maximum absolute atomic E-state index is 5.47. The maximum Gasteiger partial charge on any atom is 0.0509 e. The van der Waals surface area contributed by atoms with E-state index in [0.29, 0.717) is 6.04 Å². The summed E-state index contributed by atoms with van der Waals surface area (Å²) in [6.45, 7) is 4.29. The van der Waals surface area contributed by atoms with Crippen molar-refractivity contribution < 1.29 is 4.74 Å². The molecule has 1 saturated carbocycles. The second-order valence-electron chi connectivity index (χ2n) is 5.62. The van der Waals surface area contributed by atoms with Crippen molar-refractivity contribution in [3.05, 3.63) is 0 Å². The Hall–Kier alpha value is -0.0800. The average molecular weight is 225 g/mol. The van der Waals surface area contributed by atoms with E-state index in [9.17, 15) is 0 Å². The number of hydrogen-bond acceptors (Lipinski definition) is 2. The molecule has 2 unspecified atom stereocenters. The van der Waals surface area contributed by atoms with E-state index < -0.39 is 0 Å². The minimum atomic E-state index is 0.645. The average Bonchev–Trinajstić information content (AvgIpc) is 2.74. The van der Waals surface area contributed by atoms with Crippen molar-refractivity contribution in [2.75, 3.05) is 13.2 Å². The zero-order valence-corrected chi connectivity index (χ0v) is 10.7. The van der Waals surface area contributed by atoms with Gasteiger partial charge in [0.25, 0.3) is 0 Å². The summed E-state index contributed by atoms with van der Waals surface area (Å²) >= 11 is 0. The quantitative estimate of drug-likeness (QED) is 0.797. The molecule has 1 aliphatic carbocycles. The number of nitrogens with one attached hydrogen (secondary N) is 1. The molecule has 0 radical (unpaired) electrons. The predicted octanol–water partition coefficient (Wildman–Crippen LogP) is 3.11. The largest absolute Gasteiger partial charge is 0.381 e. The summed E-state index contributed by atoms with van der Waals surface area (Å²) in [7, 11) is 0. The van der Waals surface area contributed by atoms with Gasteiger partial charge in [-0.3, -0.25) is 0 Å². The summed E-state index contributed by atoms with van der Waals surface area (Å²) in [5.74, 6) is 0.755. The fourth-order valence-corrected chi connectivity index (χ4v) is 3.08. The molecule has 16 heavy (non-hydrogen) atoms. The van der Waals surface area contributed by atoms with Gasteiger partial charge in [0.15, 0.2) is 0 Å². The molecule has 2 aliphatic rings. The molecule has 0 aromatic carbocycles. The van der Waals surface area contributed by atoms with Gasteiger partial charge in [-0.15, -0.1) is 0 Å². The first kappa shape index (κ1) is 12.4. The summed E-state index contributed by atoms with van der Waals surface area (Å²) < 4.78 is 5.47. The minimum absolute atomic E-state index is 0.645. The normalized spacial score (nSPS) is 30.9. The number of ether oxygens (including phenoxy) is 1. The molecule has 0 amide bonds. The van der Waals surface area contributed by atoms with Crippen LogP contribution in [0.5, 0.6) is 0 Å². The van der Waals surface area contributed by atoms with Crippen molar-refractivity contribution in [3.8, 4) is 0 Å². The maximum atomic E-state index is 5.47. The second-order valence-corrected chi connectivity index (χ2v) is 5.62. The van der Waals surface area contributed by atoms with Gasteiger partial charge >= 0.3 is 0 Å². The molecule has 2 rings (SSSR count). The van der Waals surface area contributed by atoms with Crippen molar-refractivity contribution in [1.82, 2.24) is 5.32 Å². The van der Waals surface area contributed by atoms with Crippen LogP contribution in [0.3, 0.4) is 0 Å². The number of rotatable bonds is 3. The van der Waals surface area contributed by atoms with Gasteiger partial charge in [0.05, 0.1) is 6.61 Å². The van der Waals surface area contributed by atoms with Crippen molar-refractivity contribution in [2.45, 2.75) is 70.4 Å². The molecule has 94 valence electrons. The van der Waals surface area contributed by atoms with Crippen molar-refractivity contribution >= 4 is 0 Å². The topological polar surface area (TPSA) is 21.3 Å². The molecule has 0 aromatic heterocycles. The molecule has 0 bridgehead atoms. The van der Waals surface area contributed by atoms with E-state index in [1.807, 2.05) is 0 Å². The Kier molecular flexibility index (Phi) is 5.11. The number of hydrogen-bond donors (Lipinski definition) is 1. The van der Waals surface area contributed by atoms with E-state index in [1.165, 1.54) is 51.4 Å². The summed E-state index contributed by atoms with van der Waals surface area (Å²) in [6.07, 6.45) is 11.2. The summed E-state index contributed by atoms with van der Waals surface area (Å²) in [5, 5.41) is 3.85. The Morgan fingerprint density at radius 3 is 2.31 bits per heavy atom. The molecule has 0 aromatic rings. The Balaban J connectivity index is 1.73. The van der Waals surface area contributed by atoms with Gasteiger partial charge in [-0.2, -0.15) is 0 Å². The SMILES string of the molecule is CC(NC1CCCCCCC1)C1CCOC1. The summed E-state index contributed by atoms with van der Waals surface area (Å²) in [4.78, 5) is 0. The molecule has 1 N–H and O–H groups in total. The van der Waals surface area contributed by atoms with Gasteiger partial charge in [-0.25, -0.2) is 0 Å². The Morgan fingerprint density at radius 2 is 1.69 bits per heavy atom. The van der Waals surface area contributed by atoms with Gasteiger partial charge in [-0.05, 0) is 32.1 Å². The molecular weight excluding hydrogens is 198 g/mol. The van der Waals surface area contributed by atoms with Gasteiger partial charge in [0.1, 0.15) is 0 Å². The van der Waals surface area contributed by atoms with Gasteiger partial charge in [-0.1, -0.05) is 32.1 Å². The summed E-state index contributed by atoms with van der Waals surface area (Å²) in [5.41, 5.74) is 0. The van der Waals surface area contributed by atoms with Gasteiger partial charge < -0.3 is 10.1 Å². The third kappa shape index (κ3) is 3.74. The van der Waals surface area contributed by atoms with Crippen LogP contribution in [-0.2, 0) is 4.74 Å². The van der Waals surface area contributed by atoms with Crippen LogP contribution in [0.1, 0.15) is 58.3 Å². The zero-order chi connectivity index (χ0) is 11.2. The lowest BCUT2D eigenvalue weighted by Crippen LogP contribution is -2.41. The standard InChI is InChI=1S/C14H27NO/c1-12(13-9-10-16-11-13)15-14-7-5-3-2-4-6-8-14/h12-15H,2-11H2,1H3. The van der Waals surface area contributed by atoms with Crippen LogP contribution in [0.25, 0.3) is 0 Å². The van der Waals surface area contributed by atoms with E-state index in [0.717, 1.165) is 25.2 Å². The van der Waals surface area contributed by atoms with Crippen molar-refractivity contribution in [1.29, 1.82) is 0 Å². The fourth-order valence-electron chi connectivity index (χ4n) is 3.08. The highest BCUT2D eigenvalue weighted by Crippen LogP contribution is 2.21. The third-order valence-corrected chi connectivity index (χ3v) is 4.28. The van der Waals surface area contributed by atoms with E-state index in [1.54, 1.807) is 0 Å². The Labute approximate surface area is 100 Å². The molecule has 0 spiro atoms. The van der Waals surface area contributed by atoms with Crippen LogP contribution >= 0.6 is 0 Å².